The molecular formula is C15H19N5O2. The van der Waals surface area contributed by atoms with E-state index < -0.39 is 0 Å². The number of aromatic nitrogens is 3. The molecule has 1 atom stereocenters. The van der Waals surface area contributed by atoms with Gasteiger partial charge in [0.05, 0.1) is 0 Å². The summed E-state index contributed by atoms with van der Waals surface area (Å²) in [6.07, 6.45) is 4.45. The highest BCUT2D eigenvalue weighted by Gasteiger charge is 2.29. The van der Waals surface area contributed by atoms with Crippen molar-refractivity contribution in [1.82, 2.24) is 25.0 Å². The predicted octanol–water partition coefficient (Wildman–Crippen LogP) is 0.717. The fourth-order valence-electron chi connectivity index (χ4n) is 2.79. The van der Waals surface area contributed by atoms with Crippen molar-refractivity contribution in [2.45, 2.75) is 25.9 Å². The van der Waals surface area contributed by atoms with E-state index in [-0.39, 0.29) is 17.9 Å². The predicted molar refractivity (Wildman–Crippen MR) is 80.2 cm³/mol. The zero-order valence-electron chi connectivity index (χ0n) is 12.7. The molecule has 1 aliphatic heterocycles. The van der Waals surface area contributed by atoms with Crippen molar-refractivity contribution >= 4 is 11.8 Å². The van der Waals surface area contributed by atoms with Crippen molar-refractivity contribution in [3.63, 3.8) is 0 Å². The van der Waals surface area contributed by atoms with Crippen LogP contribution < -0.4 is 5.32 Å². The molecule has 0 bridgehead atoms. The molecule has 2 N–H and O–H groups in total. The minimum atomic E-state index is -0.257. The second-order valence-corrected chi connectivity index (χ2v) is 5.42. The van der Waals surface area contributed by atoms with E-state index >= 15 is 0 Å². The lowest BCUT2D eigenvalue weighted by atomic mass is 10.0. The molecule has 2 aromatic rings. The lowest BCUT2D eigenvalue weighted by molar-refractivity contribution is -0.135. The van der Waals surface area contributed by atoms with Crippen molar-refractivity contribution in [2.24, 2.45) is 0 Å². The number of fused-ring (bicyclic) bond motifs is 1. The molecule has 2 amide bonds. The number of aromatic amines is 1. The van der Waals surface area contributed by atoms with Crippen molar-refractivity contribution in [2.75, 3.05) is 13.6 Å². The van der Waals surface area contributed by atoms with Crippen LogP contribution in [0.4, 0.5) is 0 Å². The zero-order chi connectivity index (χ0) is 15.7. The minimum Gasteiger partial charge on any atom is -0.354 e. The Hall–Kier alpha value is -2.57. The molecule has 22 heavy (non-hydrogen) atoms. The maximum atomic E-state index is 12.7. The Balaban J connectivity index is 1.80. The molecule has 3 rings (SSSR count). The topological polar surface area (TPSA) is 83.0 Å². The molecule has 0 saturated carbocycles. The van der Waals surface area contributed by atoms with Gasteiger partial charge in [-0.05, 0) is 19.1 Å². The monoisotopic (exact) mass is 301 g/mol. The first kappa shape index (κ1) is 14.4. The molecule has 7 nitrogen and oxygen atoms in total. The Morgan fingerprint density at radius 3 is 2.77 bits per heavy atom. The number of nitrogens with one attached hydrogen (secondary N) is 2. The summed E-state index contributed by atoms with van der Waals surface area (Å²) in [5.41, 5.74) is 2.14. The first-order valence-corrected chi connectivity index (χ1v) is 7.31. The van der Waals surface area contributed by atoms with Crippen molar-refractivity contribution < 1.29 is 9.59 Å². The highest BCUT2D eigenvalue weighted by Crippen LogP contribution is 2.22. The van der Waals surface area contributed by atoms with Crippen LogP contribution in [0, 0.1) is 0 Å². The second-order valence-electron chi connectivity index (χ2n) is 5.42. The third-order valence-corrected chi connectivity index (χ3v) is 4.12. The van der Waals surface area contributed by atoms with E-state index in [0.717, 1.165) is 11.3 Å². The number of hydrogen-bond acceptors (Lipinski definition) is 3. The summed E-state index contributed by atoms with van der Waals surface area (Å²) in [6, 6.07) is 3.54. The highest BCUT2D eigenvalue weighted by atomic mass is 16.2. The second kappa shape index (κ2) is 5.67. The molecule has 0 spiro atoms. The molecule has 0 aliphatic carbocycles. The highest BCUT2D eigenvalue weighted by molar-refractivity contribution is 5.94. The maximum Gasteiger partial charge on any atom is 0.271 e. The molecule has 0 unspecified atom stereocenters. The Morgan fingerprint density at radius 1 is 1.36 bits per heavy atom. The van der Waals surface area contributed by atoms with Crippen LogP contribution in [-0.2, 0) is 17.8 Å². The van der Waals surface area contributed by atoms with Crippen LogP contribution in [0.2, 0.25) is 0 Å². The Labute approximate surface area is 128 Å². The molecule has 0 fully saturated rings. The Bertz CT molecular complexity index is 689. The first-order chi connectivity index (χ1) is 10.6. The van der Waals surface area contributed by atoms with Gasteiger partial charge in [-0.2, -0.15) is 5.10 Å². The van der Waals surface area contributed by atoms with Gasteiger partial charge in [0, 0.05) is 50.2 Å². The number of carbonyl (C=O) groups excluding carboxylic acids is 2. The average Bonchev–Trinajstić information content (AvgIpc) is 3.21. The summed E-state index contributed by atoms with van der Waals surface area (Å²) < 4.78 is 1.88. The van der Waals surface area contributed by atoms with E-state index in [0.29, 0.717) is 25.2 Å². The smallest absolute Gasteiger partial charge is 0.271 e. The van der Waals surface area contributed by atoms with Gasteiger partial charge in [-0.1, -0.05) is 0 Å². The quantitative estimate of drug-likeness (QED) is 0.876. The normalized spacial score (nSPS) is 15.3. The van der Waals surface area contributed by atoms with Crippen LogP contribution in [0.3, 0.4) is 0 Å². The Morgan fingerprint density at radius 2 is 2.09 bits per heavy atom. The van der Waals surface area contributed by atoms with Gasteiger partial charge in [0.2, 0.25) is 5.91 Å². The number of rotatable bonds is 3. The molecule has 7 heteroatoms. The number of H-pyrrole nitrogens is 1. The molecule has 1 aliphatic rings. The van der Waals surface area contributed by atoms with Crippen LogP contribution in [0.15, 0.2) is 24.5 Å². The van der Waals surface area contributed by atoms with Crippen molar-refractivity contribution in [1.29, 1.82) is 0 Å². The van der Waals surface area contributed by atoms with Gasteiger partial charge in [0.15, 0.2) is 5.69 Å². The van der Waals surface area contributed by atoms with E-state index in [9.17, 15) is 9.59 Å². The fraction of sp³-hybridized carbons (Fsp3) is 0.400. The molecule has 0 saturated heterocycles. The fourth-order valence-corrected chi connectivity index (χ4v) is 2.79. The van der Waals surface area contributed by atoms with E-state index in [1.54, 1.807) is 11.9 Å². The molecule has 3 heterocycles. The van der Waals surface area contributed by atoms with Crippen LogP contribution in [0.1, 0.15) is 34.7 Å². The summed E-state index contributed by atoms with van der Waals surface area (Å²) in [5, 5.41) is 9.56. The molecule has 2 aromatic heterocycles. The van der Waals surface area contributed by atoms with Crippen molar-refractivity contribution in [3.05, 3.63) is 41.5 Å². The lowest BCUT2D eigenvalue weighted by Crippen LogP contribution is -2.40. The molecular weight excluding hydrogens is 282 g/mol. The number of amides is 2. The number of nitrogens with zero attached hydrogens (tertiary/aromatic N) is 3. The van der Waals surface area contributed by atoms with E-state index in [2.05, 4.69) is 15.5 Å². The van der Waals surface area contributed by atoms with E-state index in [1.165, 1.54) is 0 Å². The summed E-state index contributed by atoms with van der Waals surface area (Å²) in [7, 11) is 1.57. The van der Waals surface area contributed by atoms with Gasteiger partial charge in [-0.3, -0.25) is 14.7 Å². The van der Waals surface area contributed by atoms with Crippen LogP contribution in [0.25, 0.3) is 0 Å². The van der Waals surface area contributed by atoms with Gasteiger partial charge in [-0.25, -0.2) is 0 Å². The third kappa shape index (κ3) is 2.38. The standard InChI is InChI=1S/C15H19N5O2/c1-10(19-6-3-4-7-19)15(22)20-8-5-12-11(9-20)13(18-17-12)14(21)16-2/h3-4,6-7,10H,5,8-9H2,1-2H3,(H,16,21)(H,17,18)/t10-/m1/s1. The molecule has 0 radical (unpaired) electrons. The molecule has 116 valence electrons. The van der Waals surface area contributed by atoms with Crippen LogP contribution >= 0.6 is 0 Å². The average molecular weight is 301 g/mol. The summed E-state index contributed by atoms with van der Waals surface area (Å²) in [5.74, 6) is -0.184. The third-order valence-electron chi connectivity index (χ3n) is 4.12. The SMILES string of the molecule is CNC(=O)c1n[nH]c2c1CN(C(=O)[C@@H](C)n1cccc1)CC2. The lowest BCUT2D eigenvalue weighted by Gasteiger charge is -2.29. The largest absolute Gasteiger partial charge is 0.354 e. The summed E-state index contributed by atoms with van der Waals surface area (Å²) >= 11 is 0. The van der Waals surface area contributed by atoms with Gasteiger partial charge >= 0.3 is 0 Å². The van der Waals surface area contributed by atoms with Gasteiger partial charge < -0.3 is 14.8 Å². The minimum absolute atomic E-state index is 0.0471. The van der Waals surface area contributed by atoms with Gasteiger partial charge in [-0.15, -0.1) is 0 Å². The maximum absolute atomic E-state index is 12.7. The van der Waals surface area contributed by atoms with Crippen molar-refractivity contribution in [3.8, 4) is 0 Å². The van der Waals surface area contributed by atoms with E-state index in [4.69, 9.17) is 0 Å². The Kier molecular flexibility index (Phi) is 3.70. The van der Waals surface area contributed by atoms with E-state index in [1.807, 2.05) is 36.0 Å². The van der Waals surface area contributed by atoms with Gasteiger partial charge in [0.25, 0.3) is 5.91 Å². The molecule has 0 aromatic carbocycles. The number of hydrogen-bond donors (Lipinski definition) is 2. The number of carbonyl (C=O) groups is 2. The zero-order valence-corrected chi connectivity index (χ0v) is 12.7. The first-order valence-electron chi connectivity index (χ1n) is 7.31. The van der Waals surface area contributed by atoms with Gasteiger partial charge in [0.1, 0.15) is 6.04 Å². The van der Waals surface area contributed by atoms with Crippen LogP contribution in [-0.4, -0.2) is 45.1 Å². The van der Waals surface area contributed by atoms with Crippen LogP contribution in [0.5, 0.6) is 0 Å². The summed E-state index contributed by atoms with van der Waals surface area (Å²) in [6.45, 7) is 2.93. The summed E-state index contributed by atoms with van der Waals surface area (Å²) in [4.78, 5) is 26.3.